The SMILES string of the molecule is CNc1cc(NCc2cc(Br)cc3c2OCC3)nc(N)n1. The first-order valence-electron chi connectivity index (χ1n) is 6.66. The van der Waals surface area contributed by atoms with E-state index in [1.807, 2.05) is 6.07 Å². The van der Waals surface area contributed by atoms with E-state index in [9.17, 15) is 0 Å². The van der Waals surface area contributed by atoms with E-state index < -0.39 is 0 Å². The summed E-state index contributed by atoms with van der Waals surface area (Å²) >= 11 is 3.54. The summed E-state index contributed by atoms with van der Waals surface area (Å²) in [5.74, 6) is 2.57. The van der Waals surface area contributed by atoms with Crippen LogP contribution in [0.1, 0.15) is 11.1 Å². The molecule has 1 aromatic heterocycles. The first-order chi connectivity index (χ1) is 10.2. The van der Waals surface area contributed by atoms with Gasteiger partial charge in [-0.2, -0.15) is 9.97 Å². The van der Waals surface area contributed by atoms with Gasteiger partial charge in [0.05, 0.1) is 6.61 Å². The van der Waals surface area contributed by atoms with Gasteiger partial charge in [-0.15, -0.1) is 0 Å². The van der Waals surface area contributed by atoms with Crippen LogP contribution in [0.5, 0.6) is 5.75 Å². The fraction of sp³-hybridized carbons (Fsp3) is 0.286. The maximum absolute atomic E-state index is 5.71. The summed E-state index contributed by atoms with van der Waals surface area (Å²) < 4.78 is 6.77. The van der Waals surface area contributed by atoms with Crippen molar-refractivity contribution in [2.75, 3.05) is 30.0 Å². The monoisotopic (exact) mass is 349 g/mol. The smallest absolute Gasteiger partial charge is 0.223 e. The van der Waals surface area contributed by atoms with Crippen molar-refractivity contribution in [2.24, 2.45) is 0 Å². The highest BCUT2D eigenvalue weighted by Gasteiger charge is 2.17. The average molecular weight is 350 g/mol. The van der Waals surface area contributed by atoms with Crippen molar-refractivity contribution in [3.05, 3.63) is 33.8 Å². The van der Waals surface area contributed by atoms with E-state index in [1.54, 1.807) is 7.05 Å². The summed E-state index contributed by atoms with van der Waals surface area (Å²) in [4.78, 5) is 8.24. The number of nitrogen functional groups attached to an aromatic ring is 1. The van der Waals surface area contributed by atoms with Gasteiger partial charge in [-0.05, 0) is 17.7 Å². The Kier molecular flexibility index (Phi) is 3.83. The predicted octanol–water partition coefficient (Wildman–Crippen LogP) is 2.41. The third kappa shape index (κ3) is 3.02. The molecule has 0 aliphatic carbocycles. The van der Waals surface area contributed by atoms with Crippen molar-refractivity contribution in [1.29, 1.82) is 0 Å². The highest BCUT2D eigenvalue weighted by atomic mass is 79.9. The van der Waals surface area contributed by atoms with Gasteiger partial charge in [-0.3, -0.25) is 0 Å². The highest BCUT2D eigenvalue weighted by molar-refractivity contribution is 9.10. The number of hydrogen-bond acceptors (Lipinski definition) is 6. The number of anilines is 3. The Balaban J connectivity index is 1.81. The van der Waals surface area contributed by atoms with Gasteiger partial charge in [-0.1, -0.05) is 15.9 Å². The Morgan fingerprint density at radius 2 is 2.10 bits per heavy atom. The van der Waals surface area contributed by atoms with Crippen molar-refractivity contribution in [3.63, 3.8) is 0 Å². The third-order valence-electron chi connectivity index (χ3n) is 3.28. The minimum Gasteiger partial charge on any atom is -0.493 e. The fourth-order valence-corrected chi connectivity index (χ4v) is 2.90. The molecule has 0 bridgehead atoms. The third-order valence-corrected chi connectivity index (χ3v) is 3.74. The standard InChI is InChI=1S/C14H16BrN5O/c1-17-11-6-12(20-14(16)19-11)18-7-9-5-10(15)4-8-2-3-21-13(8)9/h4-6H,2-3,7H2,1H3,(H4,16,17,18,19,20). The molecule has 7 heteroatoms. The van der Waals surface area contributed by atoms with Crippen LogP contribution in [0.3, 0.4) is 0 Å². The number of nitrogens with zero attached hydrogens (tertiary/aromatic N) is 2. The molecule has 6 nitrogen and oxygen atoms in total. The van der Waals surface area contributed by atoms with E-state index in [2.05, 4.69) is 48.7 Å². The van der Waals surface area contributed by atoms with Crippen LogP contribution in [0.15, 0.2) is 22.7 Å². The van der Waals surface area contributed by atoms with E-state index in [0.29, 0.717) is 18.2 Å². The van der Waals surface area contributed by atoms with Gasteiger partial charge in [0.1, 0.15) is 17.4 Å². The topological polar surface area (TPSA) is 85.1 Å². The molecule has 1 aliphatic rings. The fourth-order valence-electron chi connectivity index (χ4n) is 2.35. The van der Waals surface area contributed by atoms with Gasteiger partial charge in [0, 0.05) is 36.1 Å². The van der Waals surface area contributed by atoms with Gasteiger partial charge in [0.15, 0.2) is 0 Å². The molecular weight excluding hydrogens is 334 g/mol. The number of nitrogens with two attached hydrogens (primary N) is 1. The van der Waals surface area contributed by atoms with E-state index in [-0.39, 0.29) is 5.95 Å². The quantitative estimate of drug-likeness (QED) is 0.785. The van der Waals surface area contributed by atoms with Crippen molar-refractivity contribution in [1.82, 2.24) is 9.97 Å². The van der Waals surface area contributed by atoms with E-state index >= 15 is 0 Å². The van der Waals surface area contributed by atoms with Crippen molar-refractivity contribution >= 4 is 33.5 Å². The first kappa shape index (κ1) is 13.9. The van der Waals surface area contributed by atoms with E-state index in [4.69, 9.17) is 10.5 Å². The summed E-state index contributed by atoms with van der Waals surface area (Å²) in [5, 5.41) is 6.22. The zero-order chi connectivity index (χ0) is 14.8. The maximum Gasteiger partial charge on any atom is 0.223 e. The Hall–Kier alpha value is -2.02. The number of ether oxygens (including phenoxy) is 1. The molecule has 3 rings (SSSR count). The number of fused-ring (bicyclic) bond motifs is 1. The molecule has 0 amide bonds. The van der Waals surface area contributed by atoms with Crippen molar-refractivity contribution in [3.8, 4) is 5.75 Å². The summed E-state index contributed by atoms with van der Waals surface area (Å²) in [6.45, 7) is 1.35. The van der Waals surface area contributed by atoms with E-state index in [1.165, 1.54) is 5.56 Å². The second-order valence-corrected chi connectivity index (χ2v) is 5.67. The molecule has 2 aromatic rings. The lowest BCUT2D eigenvalue weighted by Crippen LogP contribution is -2.07. The molecule has 21 heavy (non-hydrogen) atoms. The summed E-state index contributed by atoms with van der Waals surface area (Å²) in [6.07, 6.45) is 0.951. The molecular formula is C14H16BrN5O. The van der Waals surface area contributed by atoms with Gasteiger partial charge in [0.2, 0.25) is 5.95 Å². The van der Waals surface area contributed by atoms with Crippen LogP contribution in [0.4, 0.5) is 17.6 Å². The van der Waals surface area contributed by atoms with Crippen LogP contribution < -0.4 is 21.1 Å². The molecule has 1 aliphatic heterocycles. The lowest BCUT2D eigenvalue weighted by Gasteiger charge is -2.11. The average Bonchev–Trinajstić information content (AvgIpc) is 2.92. The second-order valence-electron chi connectivity index (χ2n) is 4.75. The lowest BCUT2D eigenvalue weighted by molar-refractivity contribution is 0.354. The Morgan fingerprint density at radius 3 is 2.90 bits per heavy atom. The van der Waals surface area contributed by atoms with Crippen LogP contribution in [-0.2, 0) is 13.0 Å². The lowest BCUT2D eigenvalue weighted by atomic mass is 10.1. The zero-order valence-electron chi connectivity index (χ0n) is 11.6. The minimum atomic E-state index is 0.236. The van der Waals surface area contributed by atoms with E-state index in [0.717, 1.165) is 28.8 Å². The van der Waals surface area contributed by atoms with Crippen LogP contribution in [0.25, 0.3) is 0 Å². The Morgan fingerprint density at radius 1 is 1.29 bits per heavy atom. The van der Waals surface area contributed by atoms with Crippen molar-refractivity contribution in [2.45, 2.75) is 13.0 Å². The molecule has 0 spiro atoms. The maximum atomic E-state index is 5.71. The van der Waals surface area contributed by atoms with Gasteiger partial charge < -0.3 is 21.1 Å². The molecule has 0 saturated carbocycles. The van der Waals surface area contributed by atoms with Gasteiger partial charge in [0.25, 0.3) is 0 Å². The minimum absolute atomic E-state index is 0.236. The zero-order valence-corrected chi connectivity index (χ0v) is 13.2. The first-order valence-corrected chi connectivity index (χ1v) is 7.45. The molecule has 2 heterocycles. The number of hydrogen-bond donors (Lipinski definition) is 3. The Bertz CT molecular complexity index is 677. The summed E-state index contributed by atoms with van der Waals surface area (Å²) in [6, 6.07) is 5.98. The second kappa shape index (κ2) is 5.77. The van der Waals surface area contributed by atoms with Crippen LogP contribution in [0, 0.1) is 0 Å². The number of halogens is 1. The molecule has 110 valence electrons. The molecule has 4 N–H and O–H groups in total. The Labute approximate surface area is 131 Å². The van der Waals surface area contributed by atoms with Gasteiger partial charge in [-0.25, -0.2) is 0 Å². The number of aromatic nitrogens is 2. The molecule has 0 radical (unpaired) electrons. The highest BCUT2D eigenvalue weighted by Crippen LogP contribution is 2.33. The van der Waals surface area contributed by atoms with Crippen LogP contribution >= 0.6 is 15.9 Å². The van der Waals surface area contributed by atoms with Crippen molar-refractivity contribution < 1.29 is 4.74 Å². The summed E-state index contributed by atoms with van der Waals surface area (Å²) in [5.41, 5.74) is 8.02. The predicted molar refractivity (Wildman–Crippen MR) is 86.7 cm³/mol. The van der Waals surface area contributed by atoms with Crippen LogP contribution in [0.2, 0.25) is 0 Å². The number of nitrogens with one attached hydrogen (secondary N) is 2. The van der Waals surface area contributed by atoms with Gasteiger partial charge >= 0.3 is 0 Å². The largest absolute Gasteiger partial charge is 0.493 e. The summed E-state index contributed by atoms with van der Waals surface area (Å²) in [7, 11) is 1.79. The molecule has 0 unspecified atom stereocenters. The van der Waals surface area contributed by atoms with Crippen LogP contribution in [-0.4, -0.2) is 23.6 Å². The normalized spacial score (nSPS) is 12.7. The molecule has 1 aromatic carbocycles. The number of benzene rings is 1. The number of rotatable bonds is 4. The molecule has 0 fully saturated rings. The molecule has 0 atom stereocenters. The molecule has 0 saturated heterocycles.